The molecule has 1 aliphatic heterocycles. The van der Waals surface area contributed by atoms with E-state index in [-0.39, 0.29) is 34.0 Å². The van der Waals surface area contributed by atoms with Crippen molar-refractivity contribution in [2.45, 2.75) is 76.8 Å². The highest BCUT2D eigenvalue weighted by Crippen LogP contribution is 2.46. The Hall–Kier alpha value is -1.24. The number of carbonyl (C=O) groups excluding carboxylic acids is 2. The summed E-state index contributed by atoms with van der Waals surface area (Å²) in [6.07, 6.45) is 3.21. The third kappa shape index (κ3) is 4.61. The lowest BCUT2D eigenvalue weighted by molar-refractivity contribution is -0.137. The third-order valence-corrected chi connectivity index (χ3v) is 10.9. The van der Waals surface area contributed by atoms with Crippen molar-refractivity contribution in [2.24, 2.45) is 5.92 Å². The molecule has 152 valence electrons. The summed E-state index contributed by atoms with van der Waals surface area (Å²) in [6.45, 7) is 17.8. The predicted octanol–water partition coefficient (Wildman–Crippen LogP) is 4.19. The van der Waals surface area contributed by atoms with Crippen molar-refractivity contribution in [2.75, 3.05) is 13.7 Å². The molecule has 1 saturated heterocycles. The van der Waals surface area contributed by atoms with E-state index >= 15 is 0 Å². The molecule has 1 aliphatic carbocycles. The van der Waals surface area contributed by atoms with Gasteiger partial charge in [-0.3, -0.25) is 4.79 Å². The number of rotatable bonds is 8. The van der Waals surface area contributed by atoms with Gasteiger partial charge < -0.3 is 13.9 Å². The van der Waals surface area contributed by atoms with Crippen molar-refractivity contribution in [3.63, 3.8) is 0 Å². The summed E-state index contributed by atoms with van der Waals surface area (Å²) in [5, 5.41) is 0.0733. The van der Waals surface area contributed by atoms with Crippen LogP contribution in [0.15, 0.2) is 23.8 Å². The fourth-order valence-corrected chi connectivity index (χ4v) is 4.65. The number of hydrogen-bond acceptors (Lipinski definition) is 5. The molecule has 0 spiro atoms. The minimum atomic E-state index is -2.02. The van der Waals surface area contributed by atoms with Crippen LogP contribution in [-0.2, 0) is 23.5 Å². The SMILES string of the molecule is C=C[C@H](O[Si](C)(C)C(C)(C)C)[C@H](CC1=C(C(=O)OC)C(=O)CC1)C1(C)CO1. The maximum absolute atomic E-state index is 12.2. The second-order valence-corrected chi connectivity index (χ2v) is 14.1. The van der Waals surface area contributed by atoms with Gasteiger partial charge in [0.15, 0.2) is 14.1 Å². The fraction of sp³-hybridized carbons (Fsp3) is 0.714. The number of carbonyl (C=O) groups is 2. The van der Waals surface area contributed by atoms with Gasteiger partial charge in [0.1, 0.15) is 5.57 Å². The van der Waals surface area contributed by atoms with E-state index in [1.54, 1.807) is 0 Å². The van der Waals surface area contributed by atoms with Crippen LogP contribution >= 0.6 is 0 Å². The Morgan fingerprint density at radius 2 is 1.96 bits per heavy atom. The molecule has 6 heteroatoms. The van der Waals surface area contributed by atoms with Crippen molar-refractivity contribution < 1.29 is 23.5 Å². The predicted molar refractivity (Wildman–Crippen MR) is 108 cm³/mol. The molecule has 0 aromatic carbocycles. The lowest BCUT2D eigenvalue weighted by Crippen LogP contribution is -2.47. The van der Waals surface area contributed by atoms with Crippen LogP contribution in [0.4, 0.5) is 0 Å². The van der Waals surface area contributed by atoms with E-state index in [0.29, 0.717) is 25.9 Å². The van der Waals surface area contributed by atoms with Crippen LogP contribution in [-0.4, -0.2) is 45.5 Å². The first-order chi connectivity index (χ1) is 12.4. The maximum Gasteiger partial charge on any atom is 0.341 e. The zero-order valence-electron chi connectivity index (χ0n) is 17.8. The van der Waals surface area contributed by atoms with Crippen molar-refractivity contribution in [3.8, 4) is 0 Å². The average molecular weight is 395 g/mol. The quantitative estimate of drug-likeness (QED) is 0.203. The van der Waals surface area contributed by atoms with Crippen molar-refractivity contribution in [1.82, 2.24) is 0 Å². The minimum Gasteiger partial charge on any atom is -0.465 e. The van der Waals surface area contributed by atoms with Crippen LogP contribution in [0.1, 0.15) is 47.0 Å². The van der Waals surface area contributed by atoms with E-state index in [0.717, 1.165) is 5.57 Å². The smallest absolute Gasteiger partial charge is 0.341 e. The first-order valence-corrected chi connectivity index (χ1v) is 12.5. The monoisotopic (exact) mass is 394 g/mol. The molecule has 0 bridgehead atoms. The van der Waals surface area contributed by atoms with Crippen LogP contribution in [0.3, 0.4) is 0 Å². The summed E-state index contributed by atoms with van der Waals surface area (Å²) in [4.78, 5) is 24.3. The topological polar surface area (TPSA) is 65.1 Å². The number of esters is 1. The summed E-state index contributed by atoms with van der Waals surface area (Å²) in [5.74, 6) is -0.656. The molecule has 0 N–H and O–H groups in total. The van der Waals surface area contributed by atoms with E-state index in [4.69, 9.17) is 13.9 Å². The summed E-state index contributed by atoms with van der Waals surface area (Å²) in [5.41, 5.74) is 0.766. The van der Waals surface area contributed by atoms with Gasteiger partial charge in [0.25, 0.3) is 0 Å². The fourth-order valence-electron chi connectivity index (χ4n) is 3.36. The molecule has 0 aromatic heterocycles. The molecule has 0 aromatic rings. The van der Waals surface area contributed by atoms with Gasteiger partial charge in [0.05, 0.1) is 25.4 Å². The number of ketones is 1. The molecule has 1 fully saturated rings. The Kier molecular flexibility index (Phi) is 6.24. The molecular weight excluding hydrogens is 360 g/mol. The Labute approximate surface area is 164 Å². The standard InChI is InChI=1S/C21H34O5Si/c1-9-17(26-27(7,8)20(2,3)4)15(21(5)13-25-21)12-14-10-11-16(22)18(14)19(23)24-6/h9,15,17H,1,10-13H2,2-8H3/t15-,17-,21?/m0/s1. The number of ether oxygens (including phenoxy) is 2. The highest BCUT2D eigenvalue weighted by atomic mass is 28.4. The van der Waals surface area contributed by atoms with Gasteiger partial charge in [-0.2, -0.15) is 0 Å². The molecular formula is C21H34O5Si. The van der Waals surface area contributed by atoms with Crippen LogP contribution in [0.25, 0.3) is 0 Å². The van der Waals surface area contributed by atoms with Crippen LogP contribution in [0.2, 0.25) is 18.1 Å². The van der Waals surface area contributed by atoms with Gasteiger partial charge in [0, 0.05) is 12.3 Å². The van der Waals surface area contributed by atoms with E-state index in [9.17, 15) is 9.59 Å². The van der Waals surface area contributed by atoms with E-state index in [1.807, 2.05) is 6.08 Å². The number of epoxide rings is 1. The van der Waals surface area contributed by atoms with Crippen molar-refractivity contribution >= 4 is 20.1 Å². The van der Waals surface area contributed by atoms with Crippen molar-refractivity contribution in [1.29, 1.82) is 0 Å². The molecule has 2 rings (SSSR count). The normalized spacial score (nSPS) is 25.4. The lowest BCUT2D eigenvalue weighted by atomic mass is 9.82. The van der Waals surface area contributed by atoms with Gasteiger partial charge in [-0.1, -0.05) is 32.4 Å². The van der Waals surface area contributed by atoms with Crippen LogP contribution < -0.4 is 0 Å². The molecule has 3 atom stereocenters. The Balaban J connectivity index is 2.33. The van der Waals surface area contributed by atoms with Gasteiger partial charge in [-0.05, 0) is 37.9 Å². The summed E-state index contributed by atoms with van der Waals surface area (Å²) >= 11 is 0. The number of hydrogen-bond donors (Lipinski definition) is 0. The van der Waals surface area contributed by atoms with E-state index in [1.165, 1.54) is 7.11 Å². The molecule has 2 aliphatic rings. The lowest BCUT2D eigenvalue weighted by Gasteiger charge is -2.41. The first kappa shape index (κ1) is 22.1. The van der Waals surface area contributed by atoms with Gasteiger partial charge in [-0.15, -0.1) is 6.58 Å². The molecule has 27 heavy (non-hydrogen) atoms. The molecule has 0 amide bonds. The van der Waals surface area contributed by atoms with Crippen LogP contribution in [0.5, 0.6) is 0 Å². The summed E-state index contributed by atoms with van der Waals surface area (Å²) < 4.78 is 17.3. The zero-order chi connectivity index (χ0) is 20.6. The van der Waals surface area contributed by atoms with Gasteiger partial charge in [0.2, 0.25) is 0 Å². The summed E-state index contributed by atoms with van der Waals surface area (Å²) in [6, 6.07) is 0. The van der Waals surface area contributed by atoms with Crippen LogP contribution in [0, 0.1) is 5.92 Å². The van der Waals surface area contributed by atoms with E-state index in [2.05, 4.69) is 47.4 Å². The molecule has 0 radical (unpaired) electrons. The molecule has 1 heterocycles. The first-order valence-electron chi connectivity index (χ1n) is 9.64. The largest absolute Gasteiger partial charge is 0.465 e. The number of Topliss-reactive ketones (excluding diaryl/α,β-unsaturated/α-hetero) is 1. The number of methoxy groups -OCH3 is 1. The third-order valence-electron chi connectivity index (χ3n) is 6.39. The number of allylic oxidation sites excluding steroid dienone is 1. The molecule has 0 saturated carbocycles. The second kappa shape index (κ2) is 7.64. The zero-order valence-corrected chi connectivity index (χ0v) is 18.8. The molecule has 1 unspecified atom stereocenters. The van der Waals surface area contributed by atoms with E-state index < -0.39 is 14.3 Å². The Bertz CT molecular complexity index is 652. The Morgan fingerprint density at radius 3 is 2.41 bits per heavy atom. The highest BCUT2D eigenvalue weighted by molar-refractivity contribution is 6.74. The average Bonchev–Trinajstić information content (AvgIpc) is 3.21. The summed E-state index contributed by atoms with van der Waals surface area (Å²) in [7, 11) is -0.705. The highest BCUT2D eigenvalue weighted by Gasteiger charge is 2.52. The van der Waals surface area contributed by atoms with Gasteiger partial charge in [-0.25, -0.2) is 4.79 Å². The minimum absolute atomic E-state index is 0.00433. The molecule has 5 nitrogen and oxygen atoms in total. The maximum atomic E-state index is 12.2. The Morgan fingerprint density at radius 1 is 1.37 bits per heavy atom. The second-order valence-electron chi connectivity index (χ2n) is 9.38. The van der Waals surface area contributed by atoms with Crippen molar-refractivity contribution in [3.05, 3.63) is 23.8 Å². The van der Waals surface area contributed by atoms with Gasteiger partial charge >= 0.3 is 5.97 Å².